The number of nitrogens with zero attached hydrogens (tertiary/aromatic N) is 3. The van der Waals surface area contributed by atoms with Gasteiger partial charge in [0.1, 0.15) is 5.82 Å². The van der Waals surface area contributed by atoms with E-state index in [1.807, 2.05) is 37.4 Å². The molecule has 116 valence electrons. The maximum Gasteiger partial charge on any atom is 0.229 e. The number of benzene rings is 1. The summed E-state index contributed by atoms with van der Waals surface area (Å²) in [5.74, 6) is 1.61. The van der Waals surface area contributed by atoms with Crippen LogP contribution in [0.25, 0.3) is 0 Å². The number of hydrogen-bond donors (Lipinski definition) is 1. The van der Waals surface area contributed by atoms with Crippen LogP contribution in [0, 0.1) is 6.92 Å². The number of aromatic nitrogens is 2. The molecule has 5 heteroatoms. The number of halogens is 1. The number of rotatable bonds is 3. The minimum Gasteiger partial charge on any atom is -0.356 e. The number of nitrogens with one attached hydrogen (secondary N) is 1. The summed E-state index contributed by atoms with van der Waals surface area (Å²) >= 11 is 6.16. The van der Waals surface area contributed by atoms with E-state index in [1.165, 1.54) is 25.7 Å². The molecule has 0 atom stereocenters. The van der Waals surface area contributed by atoms with Crippen LogP contribution in [-0.2, 0) is 0 Å². The lowest BCUT2D eigenvalue weighted by atomic mass is 10.2. The molecule has 0 unspecified atom stereocenters. The van der Waals surface area contributed by atoms with Gasteiger partial charge in [-0.05, 0) is 43.5 Å². The molecule has 1 aromatic heterocycles. The van der Waals surface area contributed by atoms with Crippen LogP contribution in [0.3, 0.4) is 0 Å². The second-order valence-electron chi connectivity index (χ2n) is 5.73. The molecule has 0 amide bonds. The van der Waals surface area contributed by atoms with Gasteiger partial charge in [0, 0.05) is 30.0 Å². The first kappa shape index (κ1) is 15.1. The Labute approximate surface area is 136 Å². The van der Waals surface area contributed by atoms with Crippen molar-refractivity contribution in [1.82, 2.24) is 9.97 Å². The summed E-state index contributed by atoms with van der Waals surface area (Å²) < 4.78 is 0. The third-order valence-electron chi connectivity index (χ3n) is 4.00. The first-order valence-electron chi connectivity index (χ1n) is 7.83. The maximum atomic E-state index is 6.16. The SMILES string of the molecule is Cc1ccc(Nc2nccc(N3CCCCCC3)n2)cc1Cl. The second kappa shape index (κ2) is 6.97. The molecule has 1 saturated heterocycles. The molecule has 22 heavy (non-hydrogen) atoms. The molecular formula is C17H21ClN4. The van der Waals surface area contributed by atoms with Crippen LogP contribution in [0.15, 0.2) is 30.5 Å². The van der Waals surface area contributed by atoms with E-state index in [0.717, 1.165) is 35.2 Å². The van der Waals surface area contributed by atoms with Crippen LogP contribution in [0.4, 0.5) is 17.5 Å². The summed E-state index contributed by atoms with van der Waals surface area (Å²) in [5, 5.41) is 3.98. The highest BCUT2D eigenvalue weighted by molar-refractivity contribution is 6.31. The van der Waals surface area contributed by atoms with Gasteiger partial charge in [0.05, 0.1) is 0 Å². The van der Waals surface area contributed by atoms with Crippen molar-refractivity contribution in [2.24, 2.45) is 0 Å². The Morgan fingerprint density at radius 3 is 2.59 bits per heavy atom. The lowest BCUT2D eigenvalue weighted by Crippen LogP contribution is -2.25. The zero-order valence-corrected chi connectivity index (χ0v) is 13.6. The molecule has 0 aliphatic carbocycles. The molecule has 4 nitrogen and oxygen atoms in total. The normalized spacial score (nSPS) is 15.5. The van der Waals surface area contributed by atoms with Crippen molar-refractivity contribution >= 4 is 29.1 Å². The third-order valence-corrected chi connectivity index (χ3v) is 4.41. The predicted molar refractivity (Wildman–Crippen MR) is 92.2 cm³/mol. The monoisotopic (exact) mass is 316 g/mol. The van der Waals surface area contributed by atoms with Crippen LogP contribution < -0.4 is 10.2 Å². The molecule has 2 heterocycles. The van der Waals surface area contributed by atoms with E-state index in [1.54, 1.807) is 0 Å². The Bertz CT molecular complexity index is 636. The molecule has 1 aliphatic heterocycles. The van der Waals surface area contributed by atoms with Gasteiger partial charge in [-0.3, -0.25) is 0 Å². The number of aryl methyl sites for hydroxylation is 1. The molecule has 0 saturated carbocycles. The highest BCUT2D eigenvalue weighted by atomic mass is 35.5. The summed E-state index contributed by atoms with van der Waals surface area (Å²) in [4.78, 5) is 11.3. The van der Waals surface area contributed by atoms with Crippen molar-refractivity contribution in [3.05, 3.63) is 41.0 Å². The Kier molecular flexibility index (Phi) is 4.78. The van der Waals surface area contributed by atoms with Gasteiger partial charge in [0.15, 0.2) is 0 Å². The lowest BCUT2D eigenvalue weighted by Gasteiger charge is -2.21. The Balaban J connectivity index is 1.76. The molecule has 1 fully saturated rings. The maximum absolute atomic E-state index is 6.16. The minimum atomic E-state index is 0.613. The van der Waals surface area contributed by atoms with E-state index in [2.05, 4.69) is 20.2 Å². The van der Waals surface area contributed by atoms with E-state index in [4.69, 9.17) is 11.6 Å². The minimum absolute atomic E-state index is 0.613. The largest absolute Gasteiger partial charge is 0.356 e. The van der Waals surface area contributed by atoms with Crippen molar-refractivity contribution in [3.63, 3.8) is 0 Å². The highest BCUT2D eigenvalue weighted by Gasteiger charge is 2.12. The first-order chi connectivity index (χ1) is 10.7. The van der Waals surface area contributed by atoms with Crippen LogP contribution in [0.5, 0.6) is 0 Å². The topological polar surface area (TPSA) is 41.1 Å². The summed E-state index contributed by atoms with van der Waals surface area (Å²) in [6.45, 7) is 4.14. The molecule has 1 aliphatic rings. The van der Waals surface area contributed by atoms with Crippen LogP contribution in [0.2, 0.25) is 5.02 Å². The summed E-state index contributed by atoms with van der Waals surface area (Å²) in [5.41, 5.74) is 1.97. The molecular weight excluding hydrogens is 296 g/mol. The van der Waals surface area contributed by atoms with E-state index in [9.17, 15) is 0 Å². The fraction of sp³-hybridized carbons (Fsp3) is 0.412. The smallest absolute Gasteiger partial charge is 0.229 e. The molecule has 0 radical (unpaired) electrons. The molecule has 1 N–H and O–H groups in total. The van der Waals surface area contributed by atoms with Crippen molar-refractivity contribution < 1.29 is 0 Å². The van der Waals surface area contributed by atoms with Gasteiger partial charge < -0.3 is 10.2 Å². The van der Waals surface area contributed by atoms with E-state index >= 15 is 0 Å². The van der Waals surface area contributed by atoms with Gasteiger partial charge in [-0.1, -0.05) is 30.5 Å². The summed E-state index contributed by atoms with van der Waals surface area (Å²) in [6.07, 6.45) is 6.91. The van der Waals surface area contributed by atoms with Gasteiger partial charge in [-0.15, -0.1) is 0 Å². The van der Waals surface area contributed by atoms with E-state index < -0.39 is 0 Å². The number of anilines is 3. The van der Waals surface area contributed by atoms with Gasteiger partial charge in [-0.2, -0.15) is 4.98 Å². The summed E-state index contributed by atoms with van der Waals surface area (Å²) in [6, 6.07) is 7.87. The Morgan fingerprint density at radius 2 is 1.86 bits per heavy atom. The molecule has 2 aromatic rings. The zero-order chi connectivity index (χ0) is 15.4. The van der Waals surface area contributed by atoms with Gasteiger partial charge in [0.2, 0.25) is 5.95 Å². The lowest BCUT2D eigenvalue weighted by molar-refractivity contribution is 0.726. The van der Waals surface area contributed by atoms with Crippen molar-refractivity contribution in [3.8, 4) is 0 Å². The standard InChI is InChI=1S/C17H21ClN4/c1-13-6-7-14(12-15(13)18)20-17-19-9-8-16(21-17)22-10-4-2-3-5-11-22/h6-9,12H,2-5,10-11H2,1H3,(H,19,20,21). The fourth-order valence-corrected chi connectivity index (χ4v) is 2.87. The van der Waals surface area contributed by atoms with Crippen LogP contribution >= 0.6 is 11.6 Å². The molecule has 1 aromatic carbocycles. The molecule has 0 bridgehead atoms. The average Bonchev–Trinajstić information content (AvgIpc) is 2.80. The van der Waals surface area contributed by atoms with Gasteiger partial charge >= 0.3 is 0 Å². The number of hydrogen-bond acceptors (Lipinski definition) is 4. The van der Waals surface area contributed by atoms with E-state index in [-0.39, 0.29) is 0 Å². The second-order valence-corrected chi connectivity index (χ2v) is 6.14. The van der Waals surface area contributed by atoms with Gasteiger partial charge in [0.25, 0.3) is 0 Å². The highest BCUT2D eigenvalue weighted by Crippen LogP contribution is 2.23. The van der Waals surface area contributed by atoms with Crippen molar-refractivity contribution in [1.29, 1.82) is 0 Å². The Morgan fingerprint density at radius 1 is 1.09 bits per heavy atom. The predicted octanol–water partition coefficient (Wildman–Crippen LogP) is 4.56. The molecule has 3 rings (SSSR count). The molecule has 0 spiro atoms. The Hall–Kier alpha value is -1.81. The quantitative estimate of drug-likeness (QED) is 0.901. The van der Waals surface area contributed by atoms with Crippen molar-refractivity contribution in [2.45, 2.75) is 32.6 Å². The van der Waals surface area contributed by atoms with Gasteiger partial charge in [-0.25, -0.2) is 4.98 Å². The van der Waals surface area contributed by atoms with Crippen molar-refractivity contribution in [2.75, 3.05) is 23.3 Å². The first-order valence-corrected chi connectivity index (χ1v) is 8.21. The third kappa shape index (κ3) is 3.69. The summed E-state index contributed by atoms with van der Waals surface area (Å²) in [7, 11) is 0. The van der Waals surface area contributed by atoms with Crippen LogP contribution in [0.1, 0.15) is 31.2 Å². The van der Waals surface area contributed by atoms with Crippen LogP contribution in [-0.4, -0.2) is 23.1 Å². The van der Waals surface area contributed by atoms with E-state index in [0.29, 0.717) is 5.95 Å². The zero-order valence-electron chi connectivity index (χ0n) is 12.8. The fourth-order valence-electron chi connectivity index (χ4n) is 2.69. The average molecular weight is 317 g/mol.